The summed E-state index contributed by atoms with van der Waals surface area (Å²) in [7, 11) is -2.24. The van der Waals surface area contributed by atoms with Crippen molar-refractivity contribution >= 4 is 60.6 Å². The first-order valence-corrected chi connectivity index (χ1v) is 14.3. The molecule has 4 aromatic rings. The van der Waals surface area contributed by atoms with Crippen molar-refractivity contribution < 1.29 is 17.2 Å². The van der Waals surface area contributed by atoms with Crippen LogP contribution in [-0.2, 0) is 23.6 Å². The average molecular weight is 653 g/mol. The molecule has 0 atom stereocenters. The minimum atomic E-state index is -3.55. The predicted octanol–water partition coefficient (Wildman–Crippen LogP) is 4.31. The molecular formula is C25H22F2IN5O4S. The van der Waals surface area contributed by atoms with Crippen LogP contribution in [0.1, 0.15) is 19.8 Å². The van der Waals surface area contributed by atoms with E-state index in [0.717, 1.165) is 9.25 Å². The Morgan fingerprint density at radius 1 is 1.11 bits per heavy atom. The fraction of sp³-hybridized carbons (Fsp3) is 0.240. The highest BCUT2D eigenvalue weighted by Crippen LogP contribution is 2.34. The molecule has 5 rings (SSSR count). The van der Waals surface area contributed by atoms with Gasteiger partial charge in [0.15, 0.2) is 0 Å². The Hall–Kier alpha value is -3.33. The maximum atomic E-state index is 15.4. The van der Waals surface area contributed by atoms with E-state index in [1.165, 1.54) is 25.2 Å². The normalized spacial score (nSPS) is 13.6. The lowest BCUT2D eigenvalue weighted by Gasteiger charge is -2.18. The summed E-state index contributed by atoms with van der Waals surface area (Å²) in [5, 5.41) is 6.40. The number of hydrogen-bond acceptors (Lipinski definition) is 6. The summed E-state index contributed by atoms with van der Waals surface area (Å²) in [6.07, 6.45) is 1.18. The highest BCUT2D eigenvalue weighted by atomic mass is 127. The molecule has 198 valence electrons. The number of sulfonamides is 1. The molecule has 0 amide bonds. The number of fused-ring (bicyclic) bond motifs is 1. The van der Waals surface area contributed by atoms with Gasteiger partial charge < -0.3 is 9.88 Å². The molecule has 0 spiro atoms. The number of aryl methyl sites for hydroxylation is 2. The lowest BCUT2D eigenvalue weighted by Crippen LogP contribution is -2.30. The lowest BCUT2D eigenvalue weighted by molar-refractivity contribution is 0.594. The van der Waals surface area contributed by atoms with Gasteiger partial charge in [0.2, 0.25) is 15.8 Å². The zero-order chi connectivity index (χ0) is 27.4. The molecule has 0 aliphatic heterocycles. The van der Waals surface area contributed by atoms with Crippen LogP contribution in [0.15, 0.2) is 52.1 Å². The molecule has 2 heterocycles. The van der Waals surface area contributed by atoms with Crippen LogP contribution in [0.4, 0.5) is 25.8 Å². The molecular weight excluding hydrogens is 631 g/mol. The molecule has 0 radical (unpaired) electrons. The Labute approximate surface area is 229 Å². The number of pyridine rings is 1. The minimum Gasteiger partial charge on any atom is -0.350 e. The third kappa shape index (κ3) is 4.68. The zero-order valence-corrected chi connectivity index (χ0v) is 23.2. The summed E-state index contributed by atoms with van der Waals surface area (Å²) in [6.45, 7) is 1.80. The largest absolute Gasteiger partial charge is 0.350 e. The average Bonchev–Trinajstić information content (AvgIpc) is 3.73. The van der Waals surface area contributed by atoms with Gasteiger partial charge in [0, 0.05) is 28.4 Å². The number of aromatic nitrogens is 3. The molecule has 1 fully saturated rings. The van der Waals surface area contributed by atoms with Crippen molar-refractivity contribution in [1.82, 2.24) is 14.3 Å². The Bertz CT molecular complexity index is 1830. The monoisotopic (exact) mass is 653 g/mol. The summed E-state index contributed by atoms with van der Waals surface area (Å²) in [4.78, 5) is 26.4. The molecule has 1 aliphatic carbocycles. The number of benzene rings is 2. The molecule has 0 saturated heterocycles. The van der Waals surface area contributed by atoms with Crippen LogP contribution in [0.3, 0.4) is 0 Å². The second-order valence-electron chi connectivity index (χ2n) is 8.92. The van der Waals surface area contributed by atoms with Gasteiger partial charge in [-0.15, -0.1) is 0 Å². The van der Waals surface area contributed by atoms with Crippen LogP contribution in [0, 0.1) is 15.2 Å². The van der Waals surface area contributed by atoms with Crippen molar-refractivity contribution in [1.29, 1.82) is 0 Å². The topological polar surface area (TPSA) is 115 Å². The molecule has 2 aromatic heterocycles. The Kier molecular flexibility index (Phi) is 6.75. The van der Waals surface area contributed by atoms with Gasteiger partial charge in [0.1, 0.15) is 11.5 Å². The molecule has 0 unspecified atom stereocenters. The first-order chi connectivity index (χ1) is 18.0. The van der Waals surface area contributed by atoms with E-state index in [9.17, 15) is 22.4 Å². The van der Waals surface area contributed by atoms with Gasteiger partial charge in [-0.3, -0.25) is 14.3 Å². The molecule has 1 saturated carbocycles. The molecule has 1 aliphatic rings. The van der Waals surface area contributed by atoms with Crippen molar-refractivity contribution in [2.75, 3.05) is 10.0 Å². The fourth-order valence-corrected chi connectivity index (χ4v) is 6.02. The third-order valence-corrected chi connectivity index (χ3v) is 8.82. The van der Waals surface area contributed by atoms with E-state index in [1.807, 2.05) is 22.6 Å². The predicted molar refractivity (Wildman–Crippen MR) is 150 cm³/mol. The Morgan fingerprint density at radius 3 is 2.50 bits per heavy atom. The van der Waals surface area contributed by atoms with Gasteiger partial charge in [0.05, 0.1) is 27.5 Å². The highest BCUT2D eigenvalue weighted by Gasteiger charge is 2.35. The van der Waals surface area contributed by atoms with Crippen molar-refractivity contribution in [2.24, 2.45) is 7.05 Å². The van der Waals surface area contributed by atoms with E-state index in [1.54, 1.807) is 31.2 Å². The van der Waals surface area contributed by atoms with Crippen LogP contribution in [0.5, 0.6) is 0 Å². The third-order valence-electron chi connectivity index (χ3n) is 6.28. The number of hydrogen-bond donors (Lipinski definition) is 2. The number of anilines is 3. The van der Waals surface area contributed by atoms with Gasteiger partial charge in [-0.2, -0.15) is 9.49 Å². The fourth-order valence-electron chi connectivity index (χ4n) is 4.19. The van der Waals surface area contributed by atoms with E-state index in [-0.39, 0.29) is 34.5 Å². The summed E-state index contributed by atoms with van der Waals surface area (Å²) < 4.78 is 60.3. The second-order valence-corrected chi connectivity index (χ2v) is 12.1. The van der Waals surface area contributed by atoms with Gasteiger partial charge in [-0.1, -0.05) is 12.1 Å². The van der Waals surface area contributed by atoms with Crippen LogP contribution < -0.4 is 21.2 Å². The number of nitrogens with zero attached hydrogens (tertiary/aromatic N) is 3. The van der Waals surface area contributed by atoms with E-state index >= 15 is 4.39 Å². The summed E-state index contributed by atoms with van der Waals surface area (Å²) >= 11 is 1.93. The van der Waals surface area contributed by atoms with Crippen molar-refractivity contribution in [2.45, 2.75) is 31.6 Å². The van der Waals surface area contributed by atoms with Crippen LogP contribution >= 0.6 is 22.6 Å². The minimum absolute atomic E-state index is 0.0155. The van der Waals surface area contributed by atoms with Crippen LogP contribution in [0.25, 0.3) is 22.2 Å². The summed E-state index contributed by atoms with van der Waals surface area (Å²) in [5.74, 6) is -1.94. The van der Waals surface area contributed by atoms with Crippen molar-refractivity contribution in [3.63, 3.8) is 0 Å². The molecule has 9 nitrogen and oxygen atoms in total. The van der Waals surface area contributed by atoms with E-state index < -0.39 is 43.7 Å². The molecule has 2 N–H and O–H groups in total. The SMILES string of the molecule is CCn1nc(-c2cccc(NS(=O)(=O)C3CC3)c2)c2c(c(Nc3ccc(I)cc3F)c(F)c(=O)n2C)c1=O. The first kappa shape index (κ1) is 26.3. The number of rotatable bonds is 7. The highest BCUT2D eigenvalue weighted by molar-refractivity contribution is 14.1. The molecule has 0 bridgehead atoms. The zero-order valence-electron chi connectivity index (χ0n) is 20.3. The second kappa shape index (κ2) is 9.76. The summed E-state index contributed by atoms with van der Waals surface area (Å²) in [6, 6.07) is 10.6. The maximum absolute atomic E-state index is 15.4. The Morgan fingerprint density at radius 2 is 1.84 bits per heavy atom. The molecule has 2 aromatic carbocycles. The van der Waals surface area contributed by atoms with Crippen LogP contribution in [-0.4, -0.2) is 28.0 Å². The number of nitrogens with one attached hydrogen (secondary N) is 2. The van der Waals surface area contributed by atoms with E-state index in [0.29, 0.717) is 22.0 Å². The van der Waals surface area contributed by atoms with Crippen molar-refractivity contribution in [3.05, 3.63) is 78.4 Å². The lowest BCUT2D eigenvalue weighted by atomic mass is 10.1. The smallest absolute Gasteiger partial charge is 0.289 e. The van der Waals surface area contributed by atoms with Gasteiger partial charge >= 0.3 is 0 Å². The van der Waals surface area contributed by atoms with E-state index in [2.05, 4.69) is 15.1 Å². The Balaban J connectivity index is 1.77. The van der Waals surface area contributed by atoms with E-state index in [4.69, 9.17) is 0 Å². The quantitative estimate of drug-likeness (QED) is 0.288. The maximum Gasteiger partial charge on any atom is 0.289 e. The van der Waals surface area contributed by atoms with Gasteiger partial charge in [0.25, 0.3) is 11.1 Å². The van der Waals surface area contributed by atoms with Crippen molar-refractivity contribution in [3.8, 4) is 11.3 Å². The first-order valence-electron chi connectivity index (χ1n) is 11.7. The standard InChI is InChI=1S/C25H22F2IN5O4S/c1-3-33-24(34)19-22(29-18-10-7-14(28)12-17(18)26)20(27)25(35)32(2)23(19)21(30-33)13-5-4-6-15(11-13)31-38(36,37)16-8-9-16/h4-7,10-12,16,29,31H,3,8-9H2,1-2H3. The van der Waals surface area contributed by atoms with Gasteiger partial charge in [-0.25, -0.2) is 17.5 Å². The molecule has 38 heavy (non-hydrogen) atoms. The summed E-state index contributed by atoms with van der Waals surface area (Å²) in [5.41, 5.74) is -1.47. The van der Waals surface area contributed by atoms with Crippen LogP contribution in [0.2, 0.25) is 0 Å². The number of halogens is 3. The molecule has 13 heteroatoms. The van der Waals surface area contributed by atoms with Gasteiger partial charge in [-0.05, 0) is 72.7 Å².